The van der Waals surface area contributed by atoms with Crippen LogP contribution in [0.2, 0.25) is 0 Å². The summed E-state index contributed by atoms with van der Waals surface area (Å²) in [7, 11) is 1.75. The highest BCUT2D eigenvalue weighted by Gasteiger charge is 2.23. The Bertz CT molecular complexity index is 471. The molecule has 0 saturated carbocycles. The van der Waals surface area contributed by atoms with Gasteiger partial charge in [-0.2, -0.15) is 0 Å². The Morgan fingerprint density at radius 3 is 2.75 bits per heavy atom. The van der Waals surface area contributed by atoms with E-state index in [1.54, 1.807) is 19.2 Å². The van der Waals surface area contributed by atoms with E-state index in [1.165, 1.54) is 12.1 Å². The zero-order valence-corrected chi connectivity index (χ0v) is 13.6. The van der Waals surface area contributed by atoms with Gasteiger partial charge in [0.1, 0.15) is 11.6 Å². The fourth-order valence-corrected chi connectivity index (χ4v) is 2.39. The third-order valence-corrected chi connectivity index (χ3v) is 3.54. The molecule has 1 aromatic carbocycles. The number of nitrogens with zero attached hydrogens (tertiary/aromatic N) is 1. The van der Waals surface area contributed by atoms with Crippen molar-refractivity contribution in [3.63, 3.8) is 0 Å². The van der Waals surface area contributed by atoms with E-state index in [0.717, 1.165) is 32.5 Å². The van der Waals surface area contributed by atoms with Gasteiger partial charge in [-0.25, -0.2) is 4.39 Å². The maximum atomic E-state index is 12.7. The third kappa shape index (κ3) is 8.61. The van der Waals surface area contributed by atoms with Crippen LogP contribution in [0.5, 0.6) is 5.75 Å². The number of ether oxygens (including phenoxy) is 2. The second-order valence-electron chi connectivity index (χ2n) is 5.22. The van der Waals surface area contributed by atoms with E-state index in [9.17, 15) is 4.39 Å². The van der Waals surface area contributed by atoms with Crippen molar-refractivity contribution in [1.82, 2.24) is 10.6 Å². The molecule has 9 heteroatoms. The molecular weight excluding hydrogens is 321 g/mol. The smallest absolute Gasteiger partial charge is 0.291 e. The summed E-state index contributed by atoms with van der Waals surface area (Å²) in [5.74, 6) is 0.471. The van der Waals surface area contributed by atoms with Crippen LogP contribution in [0.1, 0.15) is 12.8 Å². The largest absolute Gasteiger partial charge is 0.494 e. The van der Waals surface area contributed by atoms with Gasteiger partial charge >= 0.3 is 0 Å². The molecule has 0 spiro atoms. The van der Waals surface area contributed by atoms with Crippen molar-refractivity contribution >= 4 is 0 Å². The lowest BCUT2D eigenvalue weighted by Crippen LogP contribution is -2.52. The van der Waals surface area contributed by atoms with Crippen molar-refractivity contribution in [2.75, 3.05) is 33.4 Å². The van der Waals surface area contributed by atoms with E-state index >= 15 is 0 Å². The van der Waals surface area contributed by atoms with Gasteiger partial charge in [0, 0.05) is 19.7 Å². The molecule has 0 bridgehead atoms. The topological polar surface area (TPSA) is 106 Å². The summed E-state index contributed by atoms with van der Waals surface area (Å²) in [5, 5.41) is 20.5. The molecule has 24 heavy (non-hydrogen) atoms. The number of piperidine rings is 1. The van der Waals surface area contributed by atoms with Crippen LogP contribution < -0.4 is 15.4 Å². The molecule has 1 aliphatic rings. The molecule has 0 amide bonds. The number of halogens is 1. The lowest BCUT2D eigenvalue weighted by molar-refractivity contribution is -0.742. The molecule has 1 fully saturated rings. The average molecular weight is 345 g/mol. The molecule has 2 atom stereocenters. The molecule has 0 aliphatic carbocycles. The van der Waals surface area contributed by atoms with Crippen LogP contribution in [0.15, 0.2) is 24.3 Å². The van der Waals surface area contributed by atoms with Gasteiger partial charge in [0.25, 0.3) is 5.09 Å². The SMILES string of the molecule is COC1CNCCC1NCCCOc1ccc(F)cc1.O=[N+]([O-])O. The van der Waals surface area contributed by atoms with E-state index < -0.39 is 5.09 Å². The Morgan fingerprint density at radius 1 is 1.46 bits per heavy atom. The summed E-state index contributed by atoms with van der Waals surface area (Å²) in [5.41, 5.74) is 0. The second-order valence-corrected chi connectivity index (χ2v) is 5.22. The van der Waals surface area contributed by atoms with Gasteiger partial charge in [-0.15, -0.1) is 10.1 Å². The Labute approximate surface area is 140 Å². The number of benzene rings is 1. The Kier molecular flexibility index (Phi) is 9.66. The Morgan fingerprint density at radius 2 is 2.12 bits per heavy atom. The predicted octanol–water partition coefficient (Wildman–Crippen LogP) is 1.21. The number of nitrogens with one attached hydrogen (secondary N) is 2. The van der Waals surface area contributed by atoms with Gasteiger partial charge < -0.3 is 25.3 Å². The van der Waals surface area contributed by atoms with E-state index in [-0.39, 0.29) is 11.9 Å². The number of rotatable bonds is 7. The van der Waals surface area contributed by atoms with E-state index in [0.29, 0.717) is 18.4 Å². The molecule has 1 saturated heterocycles. The highest BCUT2D eigenvalue weighted by Crippen LogP contribution is 2.11. The first-order chi connectivity index (χ1) is 11.5. The molecule has 1 aliphatic heterocycles. The zero-order chi connectivity index (χ0) is 17.8. The fraction of sp³-hybridized carbons (Fsp3) is 0.600. The first-order valence-electron chi connectivity index (χ1n) is 7.71. The van der Waals surface area contributed by atoms with Crippen molar-refractivity contribution in [3.05, 3.63) is 40.2 Å². The lowest BCUT2D eigenvalue weighted by Gasteiger charge is -2.31. The summed E-state index contributed by atoms with van der Waals surface area (Å²) in [4.78, 5) is 8.36. The minimum atomic E-state index is -1.50. The molecule has 8 nitrogen and oxygen atoms in total. The maximum absolute atomic E-state index is 12.7. The maximum Gasteiger partial charge on any atom is 0.291 e. The van der Waals surface area contributed by atoms with Crippen LogP contribution in [0.25, 0.3) is 0 Å². The van der Waals surface area contributed by atoms with Crippen LogP contribution in [0, 0.1) is 15.9 Å². The fourth-order valence-electron chi connectivity index (χ4n) is 2.39. The van der Waals surface area contributed by atoms with Crippen molar-refractivity contribution in [2.45, 2.75) is 25.0 Å². The molecule has 2 rings (SSSR count). The van der Waals surface area contributed by atoms with Crippen LogP contribution >= 0.6 is 0 Å². The van der Waals surface area contributed by atoms with E-state index in [4.69, 9.17) is 24.8 Å². The zero-order valence-electron chi connectivity index (χ0n) is 13.6. The third-order valence-electron chi connectivity index (χ3n) is 3.54. The first-order valence-corrected chi connectivity index (χ1v) is 7.71. The first kappa shape index (κ1) is 20.1. The van der Waals surface area contributed by atoms with Crippen LogP contribution in [-0.4, -0.2) is 55.8 Å². The van der Waals surface area contributed by atoms with Crippen LogP contribution in [-0.2, 0) is 4.74 Å². The summed E-state index contributed by atoms with van der Waals surface area (Å²) < 4.78 is 23.7. The molecule has 136 valence electrons. The summed E-state index contributed by atoms with van der Waals surface area (Å²) in [6.45, 7) is 3.46. The van der Waals surface area contributed by atoms with Crippen molar-refractivity contribution in [1.29, 1.82) is 0 Å². The molecule has 3 N–H and O–H groups in total. The van der Waals surface area contributed by atoms with Gasteiger partial charge in [-0.1, -0.05) is 0 Å². The van der Waals surface area contributed by atoms with Crippen LogP contribution in [0.4, 0.5) is 4.39 Å². The highest BCUT2D eigenvalue weighted by atomic mass is 19.1. The molecular formula is C15H24FN3O5. The average Bonchev–Trinajstić information content (AvgIpc) is 2.56. The van der Waals surface area contributed by atoms with Crippen molar-refractivity contribution in [2.24, 2.45) is 0 Å². The molecule has 0 radical (unpaired) electrons. The minimum Gasteiger partial charge on any atom is -0.494 e. The minimum absolute atomic E-state index is 0.238. The lowest BCUT2D eigenvalue weighted by atomic mass is 10.0. The van der Waals surface area contributed by atoms with E-state index in [1.807, 2.05) is 0 Å². The molecule has 0 aromatic heterocycles. The van der Waals surface area contributed by atoms with E-state index in [2.05, 4.69) is 10.6 Å². The predicted molar refractivity (Wildman–Crippen MR) is 85.4 cm³/mol. The Balaban J connectivity index is 0.000000648. The van der Waals surface area contributed by atoms with Crippen molar-refractivity contribution < 1.29 is 24.2 Å². The van der Waals surface area contributed by atoms with Gasteiger partial charge in [-0.05, 0) is 50.2 Å². The van der Waals surface area contributed by atoms with Gasteiger partial charge in [0.2, 0.25) is 0 Å². The van der Waals surface area contributed by atoms with Gasteiger partial charge in [-0.3, -0.25) is 0 Å². The Hall–Kier alpha value is -1.97. The summed E-state index contributed by atoms with van der Waals surface area (Å²) >= 11 is 0. The van der Waals surface area contributed by atoms with Crippen LogP contribution in [0.3, 0.4) is 0 Å². The van der Waals surface area contributed by atoms with Crippen molar-refractivity contribution in [3.8, 4) is 5.75 Å². The number of hydrogen-bond donors (Lipinski definition) is 3. The van der Waals surface area contributed by atoms with Gasteiger partial charge in [0.15, 0.2) is 0 Å². The number of hydrogen-bond acceptors (Lipinski definition) is 6. The summed E-state index contributed by atoms with van der Waals surface area (Å²) in [6.07, 6.45) is 2.23. The van der Waals surface area contributed by atoms with Gasteiger partial charge in [0.05, 0.1) is 12.7 Å². The quantitative estimate of drug-likeness (QED) is 0.387. The molecule has 1 aromatic rings. The normalized spacial score (nSPS) is 19.9. The standard InChI is InChI=1S/C15H23FN2O2.HNO3/c1-19-15-11-17-9-7-14(15)18-8-2-10-20-13-5-3-12(16)4-6-13;2-1(3)4/h3-6,14-15,17-18H,2,7-11H2,1H3;(H,2,3,4). The molecule has 1 heterocycles. The summed E-state index contributed by atoms with van der Waals surface area (Å²) in [6, 6.07) is 6.53. The second kappa shape index (κ2) is 11.5. The highest BCUT2D eigenvalue weighted by molar-refractivity contribution is 5.21. The molecule has 2 unspecified atom stereocenters. The monoisotopic (exact) mass is 345 g/mol. The number of methoxy groups -OCH3 is 1.